The Morgan fingerprint density at radius 3 is 2.93 bits per heavy atom. The van der Waals surface area contributed by atoms with Crippen LogP contribution in [0.25, 0.3) is 10.1 Å². The van der Waals surface area contributed by atoms with Gasteiger partial charge in [0.15, 0.2) is 5.06 Å². The van der Waals surface area contributed by atoms with E-state index < -0.39 is 0 Å². The Bertz CT molecular complexity index is 464. The Balaban J connectivity index is 2.68. The van der Waals surface area contributed by atoms with E-state index in [-0.39, 0.29) is 6.61 Å². The number of methoxy groups -OCH3 is 1. The third kappa shape index (κ3) is 1.54. The molecule has 0 amide bonds. The van der Waals surface area contributed by atoms with Gasteiger partial charge in [0.05, 0.1) is 18.4 Å². The van der Waals surface area contributed by atoms with Gasteiger partial charge in [-0.2, -0.15) is 0 Å². The molecule has 4 heteroatoms. The van der Waals surface area contributed by atoms with Crippen molar-refractivity contribution in [2.45, 2.75) is 6.61 Å². The molecule has 0 fully saturated rings. The molecule has 0 aliphatic heterocycles. The van der Waals surface area contributed by atoms with Gasteiger partial charge in [0, 0.05) is 4.47 Å². The first-order chi connectivity index (χ1) is 6.76. The van der Waals surface area contributed by atoms with Crippen molar-refractivity contribution >= 4 is 37.4 Å². The molecule has 0 aliphatic carbocycles. The fourth-order valence-corrected chi connectivity index (χ4v) is 2.97. The van der Waals surface area contributed by atoms with Crippen LogP contribution in [0.2, 0.25) is 0 Å². The van der Waals surface area contributed by atoms with Gasteiger partial charge in [-0.05, 0) is 32.9 Å². The summed E-state index contributed by atoms with van der Waals surface area (Å²) in [4.78, 5) is 0. The number of aliphatic hydroxyl groups is 1. The summed E-state index contributed by atoms with van der Waals surface area (Å²) in [6.07, 6.45) is 0. The molecule has 0 aliphatic rings. The van der Waals surface area contributed by atoms with Crippen molar-refractivity contribution in [2.75, 3.05) is 7.11 Å². The maximum Gasteiger partial charge on any atom is 0.174 e. The van der Waals surface area contributed by atoms with Crippen molar-refractivity contribution in [1.82, 2.24) is 0 Å². The van der Waals surface area contributed by atoms with E-state index in [9.17, 15) is 0 Å². The highest BCUT2D eigenvalue weighted by molar-refractivity contribution is 9.10. The molecule has 1 aromatic carbocycles. The second-order valence-corrected chi connectivity index (χ2v) is 4.69. The summed E-state index contributed by atoms with van der Waals surface area (Å²) in [6.45, 7) is 0.0523. The van der Waals surface area contributed by atoms with Crippen LogP contribution in [0, 0.1) is 0 Å². The lowest BCUT2D eigenvalue weighted by Gasteiger charge is -2.00. The highest BCUT2D eigenvalue weighted by atomic mass is 79.9. The summed E-state index contributed by atoms with van der Waals surface area (Å²) >= 11 is 5.05. The highest BCUT2D eigenvalue weighted by Gasteiger charge is 2.08. The number of ether oxygens (including phenoxy) is 1. The van der Waals surface area contributed by atoms with Gasteiger partial charge in [-0.1, -0.05) is 23.5 Å². The quantitative estimate of drug-likeness (QED) is 0.910. The standard InChI is InChI=1S/C10H9BrO2S/c1-13-8-4-6-2-3-7(5-12)9(11)10(6)14-8/h2-4,12H,5H2,1H3. The summed E-state index contributed by atoms with van der Waals surface area (Å²) in [7, 11) is 1.66. The van der Waals surface area contributed by atoms with E-state index in [1.54, 1.807) is 18.4 Å². The van der Waals surface area contributed by atoms with Crippen LogP contribution < -0.4 is 4.74 Å². The SMILES string of the molecule is COc1cc2ccc(CO)c(Br)c2s1. The average Bonchev–Trinajstić information content (AvgIpc) is 2.62. The summed E-state index contributed by atoms with van der Waals surface area (Å²) in [5, 5.41) is 11.1. The molecule has 0 unspecified atom stereocenters. The van der Waals surface area contributed by atoms with Gasteiger partial charge >= 0.3 is 0 Å². The molecule has 2 aromatic rings. The molecular formula is C10H9BrO2S. The number of aliphatic hydroxyl groups excluding tert-OH is 1. The highest BCUT2D eigenvalue weighted by Crippen LogP contribution is 2.37. The predicted octanol–water partition coefficient (Wildman–Crippen LogP) is 3.16. The zero-order chi connectivity index (χ0) is 10.1. The van der Waals surface area contributed by atoms with Crippen LogP contribution in [0.1, 0.15) is 5.56 Å². The van der Waals surface area contributed by atoms with Crippen molar-refractivity contribution in [3.8, 4) is 5.06 Å². The first kappa shape index (κ1) is 9.96. The molecule has 2 rings (SSSR count). The van der Waals surface area contributed by atoms with Gasteiger partial charge in [0.1, 0.15) is 0 Å². The monoisotopic (exact) mass is 272 g/mol. The predicted molar refractivity (Wildman–Crippen MR) is 62.0 cm³/mol. The lowest BCUT2D eigenvalue weighted by molar-refractivity contribution is 0.281. The Kier molecular flexibility index (Phi) is 2.76. The first-order valence-corrected chi connectivity index (χ1v) is 5.73. The van der Waals surface area contributed by atoms with E-state index in [1.165, 1.54) is 0 Å². The summed E-state index contributed by atoms with van der Waals surface area (Å²) in [5.74, 6) is 0. The number of hydrogen-bond donors (Lipinski definition) is 1. The second kappa shape index (κ2) is 3.88. The molecule has 2 nitrogen and oxygen atoms in total. The van der Waals surface area contributed by atoms with Crippen molar-refractivity contribution in [3.63, 3.8) is 0 Å². The van der Waals surface area contributed by atoms with E-state index in [1.807, 2.05) is 18.2 Å². The molecule has 1 N–H and O–H groups in total. The Hall–Kier alpha value is -0.580. The third-order valence-electron chi connectivity index (χ3n) is 2.06. The van der Waals surface area contributed by atoms with Crippen molar-refractivity contribution in [2.24, 2.45) is 0 Å². The minimum absolute atomic E-state index is 0.0523. The smallest absolute Gasteiger partial charge is 0.174 e. The summed E-state index contributed by atoms with van der Waals surface area (Å²) in [5.41, 5.74) is 0.905. The lowest BCUT2D eigenvalue weighted by Crippen LogP contribution is -1.83. The molecule has 0 saturated carbocycles. The summed E-state index contributed by atoms with van der Waals surface area (Å²) in [6, 6.07) is 5.90. The van der Waals surface area contributed by atoms with E-state index in [0.29, 0.717) is 0 Å². The van der Waals surface area contributed by atoms with Gasteiger partial charge in [0.25, 0.3) is 0 Å². The van der Waals surface area contributed by atoms with Crippen LogP contribution in [0.15, 0.2) is 22.7 Å². The molecule has 0 saturated heterocycles. The van der Waals surface area contributed by atoms with Gasteiger partial charge in [-0.25, -0.2) is 0 Å². The minimum Gasteiger partial charge on any atom is -0.487 e. The normalized spacial score (nSPS) is 10.8. The van der Waals surface area contributed by atoms with Crippen LogP contribution in [-0.2, 0) is 6.61 Å². The van der Waals surface area contributed by atoms with Crippen LogP contribution in [0.4, 0.5) is 0 Å². The minimum atomic E-state index is 0.0523. The first-order valence-electron chi connectivity index (χ1n) is 4.12. The number of benzene rings is 1. The van der Waals surface area contributed by atoms with Crippen molar-refractivity contribution in [3.05, 3.63) is 28.2 Å². The third-order valence-corrected chi connectivity index (χ3v) is 4.35. The maximum atomic E-state index is 9.09. The molecule has 0 atom stereocenters. The fourth-order valence-electron chi connectivity index (χ4n) is 1.31. The van der Waals surface area contributed by atoms with Gasteiger partial charge in [-0.3, -0.25) is 0 Å². The number of thiophene rings is 1. The van der Waals surface area contributed by atoms with E-state index in [2.05, 4.69) is 15.9 Å². The summed E-state index contributed by atoms with van der Waals surface area (Å²) < 4.78 is 7.25. The van der Waals surface area contributed by atoms with Crippen LogP contribution >= 0.6 is 27.3 Å². The maximum absolute atomic E-state index is 9.09. The molecule has 74 valence electrons. The Labute approximate surface area is 94.3 Å². The molecular weight excluding hydrogens is 264 g/mol. The van der Waals surface area contributed by atoms with Crippen molar-refractivity contribution in [1.29, 1.82) is 0 Å². The number of rotatable bonds is 2. The number of halogens is 1. The van der Waals surface area contributed by atoms with E-state index in [0.717, 1.165) is 25.2 Å². The molecule has 14 heavy (non-hydrogen) atoms. The van der Waals surface area contributed by atoms with Gasteiger partial charge in [-0.15, -0.1) is 0 Å². The molecule has 0 spiro atoms. The van der Waals surface area contributed by atoms with Crippen LogP contribution in [0.5, 0.6) is 5.06 Å². The average molecular weight is 273 g/mol. The number of hydrogen-bond acceptors (Lipinski definition) is 3. The lowest BCUT2D eigenvalue weighted by atomic mass is 10.2. The largest absolute Gasteiger partial charge is 0.487 e. The second-order valence-electron chi connectivity index (χ2n) is 2.88. The topological polar surface area (TPSA) is 29.5 Å². The number of fused-ring (bicyclic) bond motifs is 1. The Morgan fingerprint density at radius 2 is 2.29 bits per heavy atom. The van der Waals surface area contributed by atoms with E-state index >= 15 is 0 Å². The van der Waals surface area contributed by atoms with Crippen molar-refractivity contribution < 1.29 is 9.84 Å². The zero-order valence-electron chi connectivity index (χ0n) is 7.58. The van der Waals surface area contributed by atoms with Crippen LogP contribution in [-0.4, -0.2) is 12.2 Å². The van der Waals surface area contributed by atoms with Gasteiger partial charge in [0.2, 0.25) is 0 Å². The van der Waals surface area contributed by atoms with Crippen LogP contribution in [0.3, 0.4) is 0 Å². The van der Waals surface area contributed by atoms with Gasteiger partial charge < -0.3 is 9.84 Å². The fraction of sp³-hybridized carbons (Fsp3) is 0.200. The zero-order valence-corrected chi connectivity index (χ0v) is 9.98. The molecule has 1 heterocycles. The molecule has 0 radical (unpaired) electrons. The Morgan fingerprint density at radius 1 is 1.50 bits per heavy atom. The molecule has 0 bridgehead atoms. The molecule has 1 aromatic heterocycles. The van der Waals surface area contributed by atoms with E-state index in [4.69, 9.17) is 9.84 Å².